The van der Waals surface area contributed by atoms with Crippen molar-refractivity contribution >= 4 is 44.6 Å². The van der Waals surface area contributed by atoms with Gasteiger partial charge >= 0.3 is 5.69 Å². The van der Waals surface area contributed by atoms with E-state index >= 15 is 0 Å². The molecule has 3 aromatic carbocycles. The van der Waals surface area contributed by atoms with Crippen molar-refractivity contribution < 1.29 is 19.5 Å². The predicted octanol–water partition coefficient (Wildman–Crippen LogP) is 6.03. The molecule has 0 saturated carbocycles. The summed E-state index contributed by atoms with van der Waals surface area (Å²) in [6, 6.07) is 15.1. The van der Waals surface area contributed by atoms with Crippen LogP contribution in [0.5, 0.6) is 11.5 Å². The first kappa shape index (κ1) is 23.0. The van der Waals surface area contributed by atoms with E-state index in [1.54, 1.807) is 12.1 Å². The summed E-state index contributed by atoms with van der Waals surface area (Å²) in [7, 11) is 0. The van der Waals surface area contributed by atoms with E-state index in [1.807, 2.05) is 6.07 Å². The third kappa shape index (κ3) is 5.35. The van der Waals surface area contributed by atoms with E-state index in [4.69, 9.17) is 4.74 Å². The summed E-state index contributed by atoms with van der Waals surface area (Å²) >= 11 is 3.31. The fourth-order valence-electron chi connectivity index (χ4n) is 2.79. The van der Waals surface area contributed by atoms with Gasteiger partial charge in [0.2, 0.25) is 5.75 Å². The van der Waals surface area contributed by atoms with Crippen LogP contribution in [-0.4, -0.2) is 14.8 Å². The second kappa shape index (κ2) is 9.67. The Balaban J connectivity index is 2.05. The average molecular weight is 511 g/mol. The van der Waals surface area contributed by atoms with E-state index in [9.17, 15) is 35.6 Å². The van der Waals surface area contributed by atoms with Crippen LogP contribution < -0.4 is 4.74 Å². The zero-order valence-electron chi connectivity index (χ0n) is 16.4. The van der Waals surface area contributed by atoms with Crippen molar-refractivity contribution in [2.45, 2.75) is 0 Å². The number of nitriles is 1. The van der Waals surface area contributed by atoms with Gasteiger partial charge in [-0.1, -0.05) is 15.9 Å². The minimum atomic E-state index is -0.797. The van der Waals surface area contributed by atoms with Gasteiger partial charge in [-0.3, -0.25) is 30.3 Å². The normalized spacial score (nSPS) is 10.8. The summed E-state index contributed by atoms with van der Waals surface area (Å²) in [6.45, 7) is 0. The molecule has 0 amide bonds. The summed E-state index contributed by atoms with van der Waals surface area (Å²) in [4.78, 5) is 31.1. The molecule has 0 unspecified atom stereocenters. The molecule has 0 fully saturated rings. The maximum absolute atomic E-state index is 11.4. The van der Waals surface area contributed by atoms with Crippen LogP contribution in [0.25, 0.3) is 11.6 Å². The second-order valence-corrected chi connectivity index (χ2v) is 7.34. The Morgan fingerprint density at radius 1 is 0.848 bits per heavy atom. The predicted molar refractivity (Wildman–Crippen MR) is 121 cm³/mol. The van der Waals surface area contributed by atoms with E-state index in [1.165, 1.54) is 36.4 Å². The van der Waals surface area contributed by atoms with E-state index < -0.39 is 26.1 Å². The van der Waals surface area contributed by atoms with Crippen LogP contribution >= 0.6 is 15.9 Å². The molecule has 0 bridgehead atoms. The molecule has 164 valence electrons. The minimum Gasteiger partial charge on any atom is -0.449 e. The SMILES string of the molecule is N#C/C(=C\c1cc(Br)ccc1Oc1ccc([N+](=O)[O-])cc1[N+](=O)[O-])c1ccc([N+](=O)[O-])cc1. The summed E-state index contributed by atoms with van der Waals surface area (Å²) in [5.41, 5.74) is -0.255. The Morgan fingerprint density at radius 3 is 2.03 bits per heavy atom. The second-order valence-electron chi connectivity index (χ2n) is 6.42. The van der Waals surface area contributed by atoms with Gasteiger partial charge in [0.15, 0.2) is 0 Å². The van der Waals surface area contributed by atoms with Gasteiger partial charge in [0.25, 0.3) is 11.4 Å². The number of ether oxygens (including phenoxy) is 1. The zero-order chi connectivity index (χ0) is 24.1. The van der Waals surface area contributed by atoms with Gasteiger partial charge < -0.3 is 4.74 Å². The first-order valence-electron chi connectivity index (χ1n) is 8.96. The minimum absolute atomic E-state index is 0.131. The van der Waals surface area contributed by atoms with Crippen LogP contribution in [0.4, 0.5) is 17.1 Å². The molecule has 3 aromatic rings. The standard InChI is InChI=1S/C21H11BrN4O7/c22-16-3-7-20(33-21-8-6-18(25(29)30)11-19(21)26(31)32)14(10-16)9-15(12-23)13-1-4-17(5-2-13)24(27)28/h1-11H/b15-9+. The number of rotatable bonds is 7. The smallest absolute Gasteiger partial charge is 0.318 e. The number of hydrogen-bond donors (Lipinski definition) is 0. The van der Waals surface area contributed by atoms with Gasteiger partial charge in [-0.2, -0.15) is 5.26 Å². The Kier molecular flexibility index (Phi) is 6.75. The lowest BCUT2D eigenvalue weighted by Gasteiger charge is -2.10. The lowest BCUT2D eigenvalue weighted by molar-refractivity contribution is -0.394. The third-order valence-corrected chi connectivity index (χ3v) is 4.84. The van der Waals surface area contributed by atoms with Gasteiger partial charge in [-0.15, -0.1) is 0 Å². The van der Waals surface area contributed by atoms with Crippen LogP contribution in [0.2, 0.25) is 0 Å². The molecule has 0 atom stereocenters. The summed E-state index contributed by atoms with van der Waals surface area (Å²) in [5.74, 6) is -0.0822. The average Bonchev–Trinajstić information content (AvgIpc) is 2.79. The maximum Gasteiger partial charge on any atom is 0.318 e. The van der Waals surface area contributed by atoms with Gasteiger partial charge in [0, 0.05) is 28.2 Å². The van der Waals surface area contributed by atoms with Gasteiger partial charge in [-0.05, 0) is 48.0 Å². The molecule has 0 heterocycles. The van der Waals surface area contributed by atoms with E-state index in [0.29, 0.717) is 15.6 Å². The van der Waals surface area contributed by atoms with Crippen LogP contribution in [0, 0.1) is 41.7 Å². The number of nitrogens with zero attached hydrogens (tertiary/aromatic N) is 4. The first-order chi connectivity index (χ1) is 15.7. The molecule has 0 saturated heterocycles. The number of allylic oxidation sites excluding steroid dienone is 1. The monoisotopic (exact) mass is 510 g/mol. The Morgan fingerprint density at radius 2 is 1.45 bits per heavy atom. The lowest BCUT2D eigenvalue weighted by Crippen LogP contribution is -1.97. The number of non-ortho nitro benzene ring substituents is 2. The fourth-order valence-corrected chi connectivity index (χ4v) is 3.17. The lowest BCUT2D eigenvalue weighted by atomic mass is 10.0. The quantitative estimate of drug-likeness (QED) is 0.161. The van der Waals surface area contributed by atoms with Crippen molar-refractivity contribution in [1.29, 1.82) is 5.26 Å². The highest BCUT2D eigenvalue weighted by Gasteiger charge is 2.22. The largest absolute Gasteiger partial charge is 0.449 e. The van der Waals surface area contributed by atoms with Crippen LogP contribution in [0.1, 0.15) is 11.1 Å². The number of nitro groups is 3. The molecule has 0 spiro atoms. The molecule has 11 nitrogen and oxygen atoms in total. The number of nitro benzene ring substituents is 3. The van der Waals surface area contributed by atoms with Crippen molar-refractivity contribution in [3.63, 3.8) is 0 Å². The van der Waals surface area contributed by atoms with Gasteiger partial charge in [0.05, 0.1) is 32.5 Å². The van der Waals surface area contributed by atoms with Crippen molar-refractivity contribution in [3.05, 3.63) is 107 Å². The summed E-state index contributed by atoms with van der Waals surface area (Å²) in [5, 5.41) is 42.8. The van der Waals surface area contributed by atoms with E-state index in [2.05, 4.69) is 15.9 Å². The Hall–Kier alpha value is -4.63. The highest BCUT2D eigenvalue weighted by Crippen LogP contribution is 2.37. The van der Waals surface area contributed by atoms with E-state index in [-0.39, 0.29) is 22.8 Å². The number of halogens is 1. The fraction of sp³-hybridized carbons (Fsp3) is 0. The van der Waals surface area contributed by atoms with Crippen LogP contribution in [0.3, 0.4) is 0 Å². The van der Waals surface area contributed by atoms with Gasteiger partial charge in [-0.25, -0.2) is 0 Å². The van der Waals surface area contributed by atoms with Crippen molar-refractivity contribution in [1.82, 2.24) is 0 Å². The summed E-state index contributed by atoms with van der Waals surface area (Å²) < 4.78 is 6.32. The van der Waals surface area contributed by atoms with Gasteiger partial charge in [0.1, 0.15) is 5.75 Å². The van der Waals surface area contributed by atoms with Crippen LogP contribution in [-0.2, 0) is 0 Å². The first-order valence-corrected chi connectivity index (χ1v) is 9.75. The number of hydrogen-bond acceptors (Lipinski definition) is 8. The molecular formula is C21H11BrN4O7. The van der Waals surface area contributed by atoms with Crippen molar-refractivity contribution in [2.24, 2.45) is 0 Å². The molecule has 0 N–H and O–H groups in total. The van der Waals surface area contributed by atoms with Crippen LogP contribution in [0.15, 0.2) is 65.1 Å². The topological polar surface area (TPSA) is 162 Å². The molecule has 33 heavy (non-hydrogen) atoms. The highest BCUT2D eigenvalue weighted by atomic mass is 79.9. The molecule has 0 aromatic heterocycles. The van der Waals surface area contributed by atoms with Crippen molar-refractivity contribution in [3.8, 4) is 17.6 Å². The zero-order valence-corrected chi connectivity index (χ0v) is 18.0. The summed E-state index contributed by atoms with van der Waals surface area (Å²) in [6.07, 6.45) is 1.46. The molecule has 3 rings (SSSR count). The highest BCUT2D eigenvalue weighted by molar-refractivity contribution is 9.10. The molecule has 0 aliphatic carbocycles. The molecule has 12 heteroatoms. The Labute approximate surface area is 193 Å². The number of benzene rings is 3. The molecular weight excluding hydrogens is 500 g/mol. The molecule has 0 aliphatic rings. The maximum atomic E-state index is 11.4. The van der Waals surface area contributed by atoms with Crippen molar-refractivity contribution in [2.75, 3.05) is 0 Å². The third-order valence-electron chi connectivity index (χ3n) is 4.35. The molecule has 0 aliphatic heterocycles. The van der Waals surface area contributed by atoms with E-state index in [0.717, 1.165) is 18.2 Å². The molecule has 0 radical (unpaired) electrons. The Bertz CT molecular complexity index is 1350.